The molecule has 1 aromatic heterocycles. The molecule has 1 N–H and O–H groups in total. The lowest BCUT2D eigenvalue weighted by Crippen LogP contribution is -1.73. The smallest absolute Gasteiger partial charge is 0.116 e. The van der Waals surface area contributed by atoms with Crippen molar-refractivity contribution in [3.63, 3.8) is 0 Å². The maximum Gasteiger partial charge on any atom is 0.116 e. The number of halogens is 1. The fraction of sp³-hybridized carbons (Fsp3) is 0. The molecule has 1 aromatic carbocycles. The van der Waals surface area contributed by atoms with Crippen LogP contribution in [0.15, 0.2) is 36.7 Å². The molecule has 0 aliphatic heterocycles. The second kappa shape index (κ2) is 3.54. The van der Waals surface area contributed by atoms with Crippen LogP contribution in [0.5, 0.6) is 5.75 Å². The molecule has 62 valence electrons. The Balaban J connectivity index is 0.000000720. The van der Waals surface area contributed by atoms with Crippen molar-refractivity contribution in [1.29, 1.82) is 0 Å². The molecule has 0 spiro atoms. The number of benzene rings is 1. The third-order valence-electron chi connectivity index (χ3n) is 1.62. The summed E-state index contributed by atoms with van der Waals surface area (Å²) in [6.45, 7) is 0. The van der Waals surface area contributed by atoms with Crippen LogP contribution in [0.4, 0.5) is 0 Å². The molecule has 12 heavy (non-hydrogen) atoms. The van der Waals surface area contributed by atoms with Crippen LogP contribution in [-0.2, 0) is 0 Å². The van der Waals surface area contributed by atoms with Crippen molar-refractivity contribution in [2.24, 2.45) is 0 Å². The van der Waals surface area contributed by atoms with Crippen LogP contribution in [0.1, 0.15) is 0 Å². The molecule has 0 bridgehead atoms. The van der Waals surface area contributed by atoms with Gasteiger partial charge in [-0.05, 0) is 29.7 Å². The minimum atomic E-state index is 0. The van der Waals surface area contributed by atoms with Crippen LogP contribution in [0.3, 0.4) is 0 Å². The van der Waals surface area contributed by atoms with Crippen molar-refractivity contribution in [1.82, 2.24) is 4.98 Å². The summed E-state index contributed by atoms with van der Waals surface area (Å²) in [6, 6.07) is 7.09. The van der Waals surface area contributed by atoms with Crippen LogP contribution in [0, 0.1) is 0 Å². The van der Waals surface area contributed by atoms with E-state index in [0.717, 1.165) is 10.8 Å². The van der Waals surface area contributed by atoms with Gasteiger partial charge in [-0.2, -0.15) is 0 Å². The standard InChI is InChI=1S/C9H7NO.BrH/c11-9-2-1-8-6-10-4-3-7(8)5-9;/h1-6,11H;1H. The predicted molar refractivity (Wildman–Crippen MR) is 53.7 cm³/mol. The van der Waals surface area contributed by atoms with E-state index in [1.807, 2.05) is 12.1 Å². The van der Waals surface area contributed by atoms with Crippen molar-refractivity contribution < 1.29 is 5.11 Å². The summed E-state index contributed by atoms with van der Waals surface area (Å²) in [5.74, 6) is 0.295. The Kier molecular flexibility index (Phi) is 2.65. The molecule has 0 aliphatic carbocycles. The fourth-order valence-corrected chi connectivity index (χ4v) is 1.07. The summed E-state index contributed by atoms with van der Waals surface area (Å²) in [6.07, 6.45) is 3.48. The molecule has 0 saturated carbocycles. The van der Waals surface area contributed by atoms with E-state index in [4.69, 9.17) is 5.11 Å². The van der Waals surface area contributed by atoms with Crippen molar-refractivity contribution in [2.75, 3.05) is 0 Å². The zero-order valence-corrected chi connectivity index (χ0v) is 7.98. The number of nitrogens with zero attached hydrogens (tertiary/aromatic N) is 1. The average molecular weight is 226 g/mol. The molecule has 0 radical (unpaired) electrons. The number of rotatable bonds is 0. The minimum absolute atomic E-state index is 0. The lowest BCUT2D eigenvalue weighted by molar-refractivity contribution is 0.476. The van der Waals surface area contributed by atoms with Gasteiger partial charge in [0.25, 0.3) is 0 Å². The Labute approximate surface area is 80.6 Å². The SMILES string of the molecule is Br.Oc1ccc2cnccc2c1. The largest absolute Gasteiger partial charge is 0.508 e. The highest BCUT2D eigenvalue weighted by Gasteiger charge is 1.91. The van der Waals surface area contributed by atoms with Gasteiger partial charge in [0.15, 0.2) is 0 Å². The number of pyridine rings is 1. The fourth-order valence-electron chi connectivity index (χ4n) is 1.07. The lowest BCUT2D eigenvalue weighted by atomic mass is 10.2. The normalized spacial score (nSPS) is 9.33. The number of aromatic nitrogens is 1. The molecule has 0 amide bonds. The number of phenols is 1. The van der Waals surface area contributed by atoms with Crippen LogP contribution >= 0.6 is 17.0 Å². The second-order valence-electron chi connectivity index (χ2n) is 2.41. The molecule has 0 atom stereocenters. The van der Waals surface area contributed by atoms with Gasteiger partial charge in [-0.25, -0.2) is 0 Å². The van der Waals surface area contributed by atoms with Crippen molar-refractivity contribution in [3.8, 4) is 5.75 Å². The summed E-state index contributed by atoms with van der Waals surface area (Å²) in [7, 11) is 0. The van der Waals surface area contributed by atoms with Gasteiger partial charge >= 0.3 is 0 Å². The first-order chi connectivity index (χ1) is 5.36. The van der Waals surface area contributed by atoms with Gasteiger partial charge in [-0.1, -0.05) is 0 Å². The summed E-state index contributed by atoms with van der Waals surface area (Å²) in [4.78, 5) is 3.96. The maximum absolute atomic E-state index is 9.11. The van der Waals surface area contributed by atoms with E-state index in [9.17, 15) is 0 Å². The van der Waals surface area contributed by atoms with Gasteiger partial charge in [0.2, 0.25) is 0 Å². The molecule has 1 heterocycles. The monoisotopic (exact) mass is 225 g/mol. The summed E-state index contributed by atoms with van der Waals surface area (Å²) in [5, 5.41) is 11.2. The molecule has 0 unspecified atom stereocenters. The topological polar surface area (TPSA) is 33.1 Å². The molecule has 3 heteroatoms. The first-order valence-corrected chi connectivity index (χ1v) is 3.39. The first-order valence-electron chi connectivity index (χ1n) is 3.39. The maximum atomic E-state index is 9.11. The molecule has 2 nitrogen and oxygen atoms in total. The lowest BCUT2D eigenvalue weighted by Gasteiger charge is -1.95. The van der Waals surface area contributed by atoms with Crippen molar-refractivity contribution in [2.45, 2.75) is 0 Å². The third kappa shape index (κ3) is 1.56. The van der Waals surface area contributed by atoms with Crippen LogP contribution in [0.25, 0.3) is 10.8 Å². The number of phenolic OH excluding ortho intramolecular Hbond substituents is 1. The average Bonchev–Trinajstić information content (AvgIpc) is 2.04. The minimum Gasteiger partial charge on any atom is -0.508 e. The van der Waals surface area contributed by atoms with Gasteiger partial charge < -0.3 is 5.11 Å². The Morgan fingerprint density at radius 3 is 2.75 bits per heavy atom. The molecule has 0 saturated heterocycles. The van der Waals surface area contributed by atoms with E-state index >= 15 is 0 Å². The van der Waals surface area contributed by atoms with Crippen LogP contribution in [-0.4, -0.2) is 10.1 Å². The van der Waals surface area contributed by atoms with Gasteiger partial charge in [-0.3, -0.25) is 4.98 Å². The molecular formula is C9H8BrNO. The van der Waals surface area contributed by atoms with E-state index in [-0.39, 0.29) is 17.0 Å². The number of hydrogen-bond acceptors (Lipinski definition) is 2. The molecule has 2 rings (SSSR count). The zero-order chi connectivity index (χ0) is 7.68. The van der Waals surface area contributed by atoms with Crippen molar-refractivity contribution >= 4 is 27.8 Å². The zero-order valence-electron chi connectivity index (χ0n) is 6.27. The van der Waals surface area contributed by atoms with Gasteiger partial charge in [0.05, 0.1) is 0 Å². The number of fused-ring (bicyclic) bond motifs is 1. The number of hydrogen-bond donors (Lipinski definition) is 1. The highest BCUT2D eigenvalue weighted by molar-refractivity contribution is 8.93. The highest BCUT2D eigenvalue weighted by Crippen LogP contribution is 2.17. The van der Waals surface area contributed by atoms with E-state index in [2.05, 4.69) is 4.98 Å². The summed E-state index contributed by atoms with van der Waals surface area (Å²) >= 11 is 0. The Morgan fingerprint density at radius 2 is 1.92 bits per heavy atom. The quantitative estimate of drug-likeness (QED) is 0.748. The van der Waals surface area contributed by atoms with Gasteiger partial charge in [0.1, 0.15) is 5.75 Å². The van der Waals surface area contributed by atoms with Crippen molar-refractivity contribution in [3.05, 3.63) is 36.7 Å². The van der Waals surface area contributed by atoms with E-state index in [1.165, 1.54) is 0 Å². The molecule has 2 aromatic rings. The van der Waals surface area contributed by atoms with Gasteiger partial charge in [-0.15, -0.1) is 17.0 Å². The Morgan fingerprint density at radius 1 is 1.08 bits per heavy atom. The van der Waals surface area contributed by atoms with Gasteiger partial charge in [0, 0.05) is 17.8 Å². The first kappa shape index (κ1) is 9.00. The Bertz CT molecular complexity index is 389. The molecular weight excluding hydrogens is 218 g/mol. The van der Waals surface area contributed by atoms with E-state index < -0.39 is 0 Å². The van der Waals surface area contributed by atoms with E-state index in [1.54, 1.807) is 24.5 Å². The molecule has 0 aliphatic rings. The summed E-state index contributed by atoms with van der Waals surface area (Å²) < 4.78 is 0. The highest BCUT2D eigenvalue weighted by atomic mass is 79.9. The third-order valence-corrected chi connectivity index (χ3v) is 1.62. The van der Waals surface area contributed by atoms with Crippen LogP contribution < -0.4 is 0 Å². The van der Waals surface area contributed by atoms with E-state index in [0.29, 0.717) is 5.75 Å². The number of aromatic hydroxyl groups is 1. The second-order valence-corrected chi connectivity index (χ2v) is 2.41. The predicted octanol–water partition coefficient (Wildman–Crippen LogP) is 2.52. The Hall–Kier alpha value is -1.09. The summed E-state index contributed by atoms with van der Waals surface area (Å²) in [5.41, 5.74) is 0. The van der Waals surface area contributed by atoms with Crippen LogP contribution in [0.2, 0.25) is 0 Å². The molecule has 0 fully saturated rings.